The number of carboxylic acids is 1. The van der Waals surface area contributed by atoms with E-state index in [-0.39, 0.29) is 42.3 Å². The van der Waals surface area contributed by atoms with Crippen molar-refractivity contribution in [2.75, 3.05) is 12.4 Å². The summed E-state index contributed by atoms with van der Waals surface area (Å²) < 4.78 is 30.7. The van der Waals surface area contributed by atoms with Crippen molar-refractivity contribution in [3.05, 3.63) is 109 Å². The first-order chi connectivity index (χ1) is 26.4. The zero-order chi connectivity index (χ0) is 39.5. The summed E-state index contributed by atoms with van der Waals surface area (Å²) in [6, 6.07) is 12.0. The Hall–Kier alpha value is -4.79. The number of fused-ring (bicyclic) bond motifs is 1. The Morgan fingerprint density at radius 1 is 0.945 bits per heavy atom. The van der Waals surface area contributed by atoms with E-state index in [9.17, 15) is 29.4 Å². The van der Waals surface area contributed by atoms with Crippen LogP contribution in [0.15, 0.2) is 80.4 Å². The molecule has 14 heteroatoms. The van der Waals surface area contributed by atoms with Crippen molar-refractivity contribution in [1.29, 1.82) is 0 Å². The van der Waals surface area contributed by atoms with Crippen LogP contribution in [0.5, 0.6) is 0 Å². The number of carbonyl (C=O) groups excluding carboxylic acids is 1. The van der Waals surface area contributed by atoms with E-state index in [4.69, 9.17) is 27.1 Å². The van der Waals surface area contributed by atoms with Crippen molar-refractivity contribution in [3.8, 4) is 0 Å². The highest BCUT2D eigenvalue weighted by atomic mass is 32.2. The van der Waals surface area contributed by atoms with Crippen LogP contribution in [0.25, 0.3) is 6.08 Å². The van der Waals surface area contributed by atoms with Gasteiger partial charge in [-0.15, -0.1) is 11.8 Å². The summed E-state index contributed by atoms with van der Waals surface area (Å²) in [4.78, 5) is 48.9. The first-order valence-electron chi connectivity index (χ1n) is 18.6. The molecule has 0 aliphatic carbocycles. The number of aryl methyl sites for hydroxylation is 3. The van der Waals surface area contributed by atoms with Gasteiger partial charge in [-0.1, -0.05) is 69.7 Å². The number of methoxy groups -OCH3 is 1. The molecule has 3 heterocycles. The molecule has 0 amide bonds. The van der Waals surface area contributed by atoms with Gasteiger partial charge in [-0.3, -0.25) is 4.79 Å². The SMILES string of the molecule is CCCCCCCCCc1ccc(C(Sc2cc(C)c3c(c2)NC(OC)(c2coc(=O)o2)C(C(=O)O)=C3)C(O)CCCC(=O)OCc2oc(=O)oc2C)cc1. The molecule has 0 bridgehead atoms. The largest absolute Gasteiger partial charge is 0.519 e. The molecule has 2 aromatic heterocycles. The van der Waals surface area contributed by atoms with Crippen molar-refractivity contribution in [2.24, 2.45) is 0 Å². The molecule has 5 rings (SSSR count). The lowest BCUT2D eigenvalue weighted by atomic mass is 9.90. The van der Waals surface area contributed by atoms with Gasteiger partial charge in [0, 0.05) is 29.7 Å². The molecule has 2 aromatic carbocycles. The van der Waals surface area contributed by atoms with E-state index in [1.807, 2.05) is 31.2 Å². The predicted molar refractivity (Wildman–Crippen MR) is 205 cm³/mol. The van der Waals surface area contributed by atoms with Crippen LogP contribution in [-0.4, -0.2) is 35.4 Å². The lowest BCUT2D eigenvalue weighted by molar-refractivity contribution is -0.145. The number of carbonyl (C=O) groups is 2. The van der Waals surface area contributed by atoms with Gasteiger partial charge < -0.3 is 42.7 Å². The average molecular weight is 780 g/mol. The van der Waals surface area contributed by atoms with E-state index in [1.54, 1.807) is 6.92 Å². The summed E-state index contributed by atoms with van der Waals surface area (Å²) in [6.07, 6.45) is 11.9. The third kappa shape index (κ3) is 10.5. The van der Waals surface area contributed by atoms with Crippen LogP contribution < -0.4 is 17.0 Å². The lowest BCUT2D eigenvalue weighted by Crippen LogP contribution is -2.44. The number of unbranched alkanes of at least 4 members (excludes halogenated alkanes) is 6. The summed E-state index contributed by atoms with van der Waals surface area (Å²) in [5.41, 5.74) is 1.94. The van der Waals surface area contributed by atoms with Crippen LogP contribution in [0.3, 0.4) is 0 Å². The molecule has 1 aliphatic rings. The quantitative estimate of drug-likeness (QED) is 0.0416. The second-order valence-electron chi connectivity index (χ2n) is 13.7. The fraction of sp³-hybridized carbons (Fsp3) is 0.463. The van der Waals surface area contributed by atoms with Crippen LogP contribution in [0.4, 0.5) is 5.69 Å². The number of carboxylic acid groups (broad SMARTS) is 1. The Kier molecular flexibility index (Phi) is 14.4. The standard InChI is InChI=1S/C41H49NO12S/c1-5-6-7-8-9-10-11-13-27-16-18-28(19-17-27)37(33(43)14-12-15-36(44)50-23-34-26(3)52-40(48)53-34)55-29-20-25(2)30-22-31(38(45)46)41(49-4,42-32(30)21-29)35-24-51-39(47)54-35/h16-22,24,33,37,42-43H,5-15,23H2,1-4H3,(H,45,46). The molecule has 3 N–H and O–H groups in total. The first kappa shape index (κ1) is 41.4. The topological polar surface area (TPSA) is 192 Å². The maximum absolute atomic E-state index is 12.5. The Bertz CT molecular complexity index is 2060. The van der Waals surface area contributed by atoms with Gasteiger partial charge in [-0.2, -0.15) is 0 Å². The number of hydrogen-bond donors (Lipinski definition) is 3. The predicted octanol–water partition coefficient (Wildman–Crippen LogP) is 8.19. The maximum atomic E-state index is 12.5. The molecular weight excluding hydrogens is 731 g/mol. The van der Waals surface area contributed by atoms with Crippen molar-refractivity contribution >= 4 is 35.5 Å². The molecule has 296 valence electrons. The Labute approximate surface area is 323 Å². The van der Waals surface area contributed by atoms with E-state index in [1.165, 1.54) is 69.0 Å². The number of benzene rings is 2. The van der Waals surface area contributed by atoms with Crippen LogP contribution in [-0.2, 0) is 37.8 Å². The van der Waals surface area contributed by atoms with Crippen LogP contribution in [0.1, 0.15) is 116 Å². The lowest BCUT2D eigenvalue weighted by Gasteiger charge is -2.36. The highest BCUT2D eigenvalue weighted by molar-refractivity contribution is 7.99. The molecule has 4 aromatic rings. The summed E-state index contributed by atoms with van der Waals surface area (Å²) in [6.45, 7) is 5.39. The molecule has 0 radical (unpaired) electrons. The minimum Gasteiger partial charge on any atom is -0.478 e. The second kappa shape index (κ2) is 19.2. The van der Waals surface area contributed by atoms with Crippen molar-refractivity contribution in [1.82, 2.24) is 0 Å². The number of anilines is 1. The fourth-order valence-corrected chi connectivity index (χ4v) is 8.01. The van der Waals surface area contributed by atoms with Gasteiger partial charge in [0.15, 0.2) is 18.1 Å². The number of ether oxygens (including phenoxy) is 2. The second-order valence-corrected chi connectivity index (χ2v) is 14.9. The van der Waals surface area contributed by atoms with Crippen LogP contribution in [0, 0.1) is 13.8 Å². The number of esters is 1. The summed E-state index contributed by atoms with van der Waals surface area (Å²) in [5.74, 6) is -3.44. The number of hydrogen-bond acceptors (Lipinski definition) is 13. The van der Waals surface area contributed by atoms with Gasteiger partial charge in [0.05, 0.1) is 16.9 Å². The van der Waals surface area contributed by atoms with Gasteiger partial charge >= 0.3 is 23.6 Å². The Balaban J connectivity index is 1.34. The van der Waals surface area contributed by atoms with Crippen LogP contribution >= 0.6 is 11.8 Å². The van der Waals surface area contributed by atoms with E-state index in [0.29, 0.717) is 17.7 Å². The summed E-state index contributed by atoms with van der Waals surface area (Å²) in [5, 5.41) is 24.5. The van der Waals surface area contributed by atoms with Gasteiger partial charge in [0.1, 0.15) is 6.26 Å². The number of aliphatic carboxylic acids is 1. The molecule has 1 aliphatic heterocycles. The maximum Gasteiger partial charge on any atom is 0.519 e. The Morgan fingerprint density at radius 2 is 1.67 bits per heavy atom. The van der Waals surface area contributed by atoms with E-state index >= 15 is 0 Å². The monoisotopic (exact) mass is 779 g/mol. The van der Waals surface area contributed by atoms with E-state index in [2.05, 4.69) is 24.4 Å². The smallest absolute Gasteiger partial charge is 0.478 e. The average Bonchev–Trinajstić information content (AvgIpc) is 3.75. The van der Waals surface area contributed by atoms with Crippen LogP contribution in [0.2, 0.25) is 0 Å². The zero-order valence-electron chi connectivity index (χ0n) is 31.6. The normalized spacial score (nSPS) is 16.2. The molecule has 3 unspecified atom stereocenters. The van der Waals surface area contributed by atoms with E-state index < -0.39 is 40.7 Å². The number of thioether (sulfide) groups is 1. The molecule has 0 saturated carbocycles. The summed E-state index contributed by atoms with van der Waals surface area (Å²) >= 11 is 1.43. The van der Waals surface area contributed by atoms with Crippen molar-refractivity contribution < 1.29 is 46.9 Å². The molecule has 13 nitrogen and oxygen atoms in total. The third-order valence-corrected chi connectivity index (χ3v) is 11.1. The minimum absolute atomic E-state index is 0.0380. The van der Waals surface area contributed by atoms with Gasteiger partial charge in [0.2, 0.25) is 11.5 Å². The molecular formula is C41H49NO12S. The van der Waals surface area contributed by atoms with Gasteiger partial charge in [-0.05, 0) is 74.4 Å². The van der Waals surface area contributed by atoms with Crippen molar-refractivity contribution in [3.63, 3.8) is 0 Å². The third-order valence-electron chi connectivity index (χ3n) is 9.75. The number of aliphatic hydroxyl groups is 1. The van der Waals surface area contributed by atoms with Crippen molar-refractivity contribution in [2.45, 2.75) is 120 Å². The molecule has 55 heavy (non-hydrogen) atoms. The molecule has 0 fully saturated rings. The highest BCUT2D eigenvalue weighted by Gasteiger charge is 2.47. The minimum atomic E-state index is -1.86. The number of rotatable bonds is 21. The first-order valence-corrected chi connectivity index (χ1v) is 19.5. The molecule has 0 spiro atoms. The van der Waals surface area contributed by atoms with Gasteiger partial charge in [-0.25, -0.2) is 14.4 Å². The highest BCUT2D eigenvalue weighted by Crippen LogP contribution is 2.46. The summed E-state index contributed by atoms with van der Waals surface area (Å²) in [7, 11) is 1.29. The zero-order valence-corrected chi connectivity index (χ0v) is 32.5. The van der Waals surface area contributed by atoms with E-state index in [0.717, 1.165) is 35.1 Å². The van der Waals surface area contributed by atoms with Gasteiger partial charge in [0.25, 0.3) is 0 Å². The number of aliphatic hydroxyl groups excluding tert-OH is 1. The number of nitrogens with one attached hydrogen (secondary N) is 1. The molecule has 0 saturated heterocycles. The Morgan fingerprint density at radius 3 is 2.31 bits per heavy atom. The fourth-order valence-electron chi connectivity index (χ4n) is 6.70. The molecule has 3 atom stereocenters.